The second kappa shape index (κ2) is 19.7. The third-order valence-corrected chi connectivity index (χ3v) is 1.47. The number of rotatable bonds is 11. The Morgan fingerprint density at radius 1 is 0.850 bits per heavy atom. The highest BCUT2D eigenvalue weighted by molar-refractivity contribution is 5.59. The van der Waals surface area contributed by atoms with Gasteiger partial charge in [0.2, 0.25) is 0 Å². The minimum atomic E-state index is -0.743. The zero-order valence-corrected chi connectivity index (χ0v) is 11.8. The summed E-state index contributed by atoms with van der Waals surface area (Å²) in [4.78, 5) is 10.6. The Balaban J connectivity index is 0. The standard InChI is InChI=1S/C8H14O5.C6H10O/c1-2-4-12-8(10)13-7-6-11-5-3-9;1-3-5-7-6-4-2/h2,9H,1,3-7H2;3-4H,1-2,5-6H2. The maximum absolute atomic E-state index is 10.6. The van der Waals surface area contributed by atoms with Crippen molar-refractivity contribution in [3.05, 3.63) is 38.0 Å². The molecule has 0 saturated heterocycles. The summed E-state index contributed by atoms with van der Waals surface area (Å²) in [5.41, 5.74) is 0. The number of ether oxygens (including phenoxy) is 4. The quantitative estimate of drug-likeness (QED) is 0.354. The van der Waals surface area contributed by atoms with E-state index in [4.69, 9.17) is 14.6 Å². The van der Waals surface area contributed by atoms with Gasteiger partial charge in [0.05, 0.1) is 33.0 Å². The molecule has 0 unspecified atom stereocenters. The third kappa shape index (κ3) is 21.6. The summed E-state index contributed by atoms with van der Waals surface area (Å²) in [6, 6.07) is 0. The molecule has 0 spiro atoms. The van der Waals surface area contributed by atoms with Gasteiger partial charge in [-0.25, -0.2) is 4.79 Å². The van der Waals surface area contributed by atoms with Gasteiger partial charge in [0, 0.05) is 0 Å². The van der Waals surface area contributed by atoms with Crippen LogP contribution in [0.5, 0.6) is 0 Å². The molecule has 0 aliphatic rings. The fourth-order valence-corrected chi connectivity index (χ4v) is 0.754. The van der Waals surface area contributed by atoms with Gasteiger partial charge in [0.1, 0.15) is 13.2 Å². The number of aliphatic hydroxyl groups is 1. The van der Waals surface area contributed by atoms with E-state index in [1.54, 1.807) is 12.2 Å². The highest BCUT2D eigenvalue weighted by atomic mass is 16.7. The Hall–Kier alpha value is -1.63. The van der Waals surface area contributed by atoms with Crippen molar-refractivity contribution in [3.63, 3.8) is 0 Å². The Morgan fingerprint density at radius 3 is 1.95 bits per heavy atom. The van der Waals surface area contributed by atoms with E-state index in [9.17, 15) is 4.79 Å². The predicted octanol–water partition coefficient (Wildman–Crippen LogP) is 1.71. The lowest BCUT2D eigenvalue weighted by Crippen LogP contribution is -2.13. The molecule has 0 radical (unpaired) electrons. The molecular formula is C14H24O6. The maximum atomic E-state index is 10.6. The highest BCUT2D eigenvalue weighted by Crippen LogP contribution is 1.86. The molecule has 0 aliphatic carbocycles. The van der Waals surface area contributed by atoms with Crippen LogP contribution in [-0.2, 0) is 18.9 Å². The highest BCUT2D eigenvalue weighted by Gasteiger charge is 2.00. The van der Waals surface area contributed by atoms with Gasteiger partial charge in [-0.2, -0.15) is 0 Å². The van der Waals surface area contributed by atoms with Gasteiger partial charge in [-0.1, -0.05) is 24.8 Å². The molecule has 1 N–H and O–H groups in total. The third-order valence-electron chi connectivity index (χ3n) is 1.47. The van der Waals surface area contributed by atoms with Crippen LogP contribution in [0.15, 0.2) is 38.0 Å². The predicted molar refractivity (Wildman–Crippen MR) is 76.6 cm³/mol. The molecule has 20 heavy (non-hydrogen) atoms. The van der Waals surface area contributed by atoms with Crippen LogP contribution in [0.2, 0.25) is 0 Å². The lowest BCUT2D eigenvalue weighted by Gasteiger charge is -2.04. The van der Waals surface area contributed by atoms with Crippen molar-refractivity contribution in [2.75, 3.05) is 46.2 Å². The van der Waals surface area contributed by atoms with Gasteiger partial charge in [0.15, 0.2) is 0 Å². The van der Waals surface area contributed by atoms with E-state index in [0.29, 0.717) is 13.2 Å². The zero-order valence-electron chi connectivity index (χ0n) is 11.8. The van der Waals surface area contributed by atoms with Crippen LogP contribution in [0.25, 0.3) is 0 Å². The van der Waals surface area contributed by atoms with Crippen LogP contribution in [0.1, 0.15) is 0 Å². The molecule has 0 amide bonds. The average molecular weight is 288 g/mol. The van der Waals surface area contributed by atoms with Gasteiger partial charge >= 0.3 is 6.16 Å². The van der Waals surface area contributed by atoms with Crippen LogP contribution in [0, 0.1) is 0 Å². The molecule has 0 bridgehead atoms. The molecule has 0 heterocycles. The summed E-state index contributed by atoms with van der Waals surface area (Å²) in [5, 5.41) is 8.32. The van der Waals surface area contributed by atoms with Crippen molar-refractivity contribution in [2.45, 2.75) is 0 Å². The smallest absolute Gasteiger partial charge is 0.432 e. The van der Waals surface area contributed by atoms with Gasteiger partial charge < -0.3 is 24.1 Å². The van der Waals surface area contributed by atoms with Crippen molar-refractivity contribution >= 4 is 6.16 Å². The first-order valence-corrected chi connectivity index (χ1v) is 6.11. The van der Waals surface area contributed by atoms with E-state index in [-0.39, 0.29) is 33.0 Å². The van der Waals surface area contributed by atoms with Crippen LogP contribution in [0.4, 0.5) is 4.79 Å². The van der Waals surface area contributed by atoms with E-state index in [1.807, 2.05) is 0 Å². The molecule has 6 nitrogen and oxygen atoms in total. The average Bonchev–Trinajstić information content (AvgIpc) is 2.46. The van der Waals surface area contributed by atoms with Gasteiger partial charge in [-0.3, -0.25) is 0 Å². The monoisotopic (exact) mass is 288 g/mol. The molecule has 0 rings (SSSR count). The largest absolute Gasteiger partial charge is 0.508 e. The Bertz CT molecular complexity index is 244. The summed E-state index contributed by atoms with van der Waals surface area (Å²) < 4.78 is 18.8. The lowest BCUT2D eigenvalue weighted by molar-refractivity contribution is 0.0242. The van der Waals surface area contributed by atoms with Crippen molar-refractivity contribution in [3.8, 4) is 0 Å². The minimum Gasteiger partial charge on any atom is -0.432 e. The fourth-order valence-electron chi connectivity index (χ4n) is 0.754. The molecule has 0 atom stereocenters. The minimum absolute atomic E-state index is 0.0408. The van der Waals surface area contributed by atoms with Gasteiger partial charge in [0.25, 0.3) is 0 Å². The normalized spacial score (nSPS) is 8.85. The van der Waals surface area contributed by atoms with Crippen molar-refractivity contribution in [1.82, 2.24) is 0 Å². The molecular weight excluding hydrogens is 264 g/mol. The summed E-state index contributed by atoms with van der Waals surface area (Å²) in [6.07, 6.45) is 4.13. The molecule has 0 aliphatic heterocycles. The van der Waals surface area contributed by atoms with Crippen LogP contribution in [0.3, 0.4) is 0 Å². The Labute approximate surface area is 120 Å². The molecule has 0 fully saturated rings. The van der Waals surface area contributed by atoms with E-state index in [2.05, 4.69) is 29.2 Å². The SMILES string of the molecule is C=CCOC(=O)OCCOCCO.C=CCOCC=C. The first-order valence-electron chi connectivity index (χ1n) is 6.11. The Morgan fingerprint density at radius 2 is 1.45 bits per heavy atom. The second-order valence-corrected chi connectivity index (χ2v) is 3.15. The first kappa shape index (κ1) is 20.7. The van der Waals surface area contributed by atoms with Crippen LogP contribution >= 0.6 is 0 Å². The Kier molecular flexibility index (Phi) is 20.4. The number of hydrogen-bond donors (Lipinski definition) is 1. The van der Waals surface area contributed by atoms with E-state index in [0.717, 1.165) is 0 Å². The second-order valence-electron chi connectivity index (χ2n) is 3.15. The van der Waals surface area contributed by atoms with Crippen LogP contribution < -0.4 is 0 Å². The van der Waals surface area contributed by atoms with Crippen molar-refractivity contribution < 1.29 is 28.8 Å². The van der Waals surface area contributed by atoms with E-state index in [1.165, 1.54) is 6.08 Å². The zero-order chi connectivity index (χ0) is 15.5. The number of carbonyl (C=O) groups excluding carboxylic acids is 1. The molecule has 0 aromatic heterocycles. The summed E-state index contributed by atoms with van der Waals surface area (Å²) >= 11 is 0. The van der Waals surface area contributed by atoms with E-state index < -0.39 is 6.16 Å². The fraction of sp³-hybridized carbons (Fsp3) is 0.500. The number of carbonyl (C=O) groups is 1. The van der Waals surface area contributed by atoms with Gasteiger partial charge in [-0.05, 0) is 0 Å². The van der Waals surface area contributed by atoms with Crippen LogP contribution in [-0.4, -0.2) is 57.5 Å². The van der Waals surface area contributed by atoms with Crippen molar-refractivity contribution in [1.29, 1.82) is 0 Å². The summed E-state index contributed by atoms with van der Waals surface area (Å²) in [7, 11) is 0. The maximum Gasteiger partial charge on any atom is 0.508 e. The number of aliphatic hydroxyl groups excluding tert-OH is 1. The topological polar surface area (TPSA) is 74.2 Å². The number of hydrogen-bond acceptors (Lipinski definition) is 6. The summed E-state index contributed by atoms with van der Waals surface area (Å²) in [6.45, 7) is 12.3. The first-order chi connectivity index (χ1) is 9.72. The molecule has 0 saturated carbocycles. The molecule has 6 heteroatoms. The molecule has 116 valence electrons. The lowest BCUT2D eigenvalue weighted by atomic mass is 10.6. The van der Waals surface area contributed by atoms with Crippen molar-refractivity contribution in [2.24, 2.45) is 0 Å². The summed E-state index contributed by atoms with van der Waals surface area (Å²) in [5.74, 6) is 0. The van der Waals surface area contributed by atoms with Gasteiger partial charge in [-0.15, -0.1) is 13.2 Å². The molecule has 0 aromatic carbocycles. The van der Waals surface area contributed by atoms with E-state index >= 15 is 0 Å². The molecule has 0 aromatic rings.